The zero-order valence-electron chi connectivity index (χ0n) is 14.0. The second-order valence-electron chi connectivity index (χ2n) is 6.00. The van der Waals surface area contributed by atoms with Crippen LogP contribution in [0.1, 0.15) is 5.69 Å². The molecule has 0 spiro atoms. The summed E-state index contributed by atoms with van der Waals surface area (Å²) >= 11 is 0. The van der Waals surface area contributed by atoms with Crippen molar-refractivity contribution in [2.75, 3.05) is 0 Å². The third-order valence-electron chi connectivity index (χ3n) is 4.41. The van der Waals surface area contributed by atoms with Gasteiger partial charge in [0.1, 0.15) is 5.82 Å². The predicted octanol–water partition coefficient (Wildman–Crippen LogP) is 2.59. The smallest absolute Gasteiger partial charge is 0.272 e. The first-order valence-electron chi connectivity index (χ1n) is 8.08. The zero-order valence-corrected chi connectivity index (χ0v) is 14.0. The Labute approximate surface area is 148 Å². The van der Waals surface area contributed by atoms with Gasteiger partial charge in [0.2, 0.25) is 0 Å². The van der Waals surface area contributed by atoms with Gasteiger partial charge in [0.15, 0.2) is 0 Å². The number of nitrogens with one attached hydrogen (secondary N) is 1. The first-order chi connectivity index (χ1) is 12.6. The third kappa shape index (κ3) is 2.58. The van der Waals surface area contributed by atoms with Crippen molar-refractivity contribution in [3.8, 4) is 22.4 Å². The van der Waals surface area contributed by atoms with Gasteiger partial charge in [0.25, 0.3) is 5.56 Å². The van der Waals surface area contributed by atoms with Crippen LogP contribution in [0.3, 0.4) is 0 Å². The van der Waals surface area contributed by atoms with E-state index >= 15 is 0 Å². The van der Waals surface area contributed by atoms with Gasteiger partial charge >= 0.3 is 0 Å². The summed E-state index contributed by atoms with van der Waals surface area (Å²) in [4.78, 5) is 12.0. The second kappa shape index (κ2) is 6.20. The van der Waals surface area contributed by atoms with E-state index < -0.39 is 0 Å². The number of hydrogen-bond donors (Lipinski definition) is 2. The monoisotopic (exact) mass is 349 g/mol. The van der Waals surface area contributed by atoms with Crippen LogP contribution in [0.15, 0.2) is 53.5 Å². The second-order valence-corrected chi connectivity index (χ2v) is 6.00. The van der Waals surface area contributed by atoms with Crippen molar-refractivity contribution >= 4 is 10.8 Å². The fraction of sp³-hybridized carbons (Fsp3) is 0.105. The molecule has 2 aromatic carbocycles. The van der Waals surface area contributed by atoms with Gasteiger partial charge in [-0.1, -0.05) is 18.2 Å². The van der Waals surface area contributed by atoms with Gasteiger partial charge < -0.3 is 5.73 Å². The molecule has 3 N–H and O–H groups in total. The Kier molecular flexibility index (Phi) is 3.85. The van der Waals surface area contributed by atoms with E-state index in [1.807, 2.05) is 25.2 Å². The lowest BCUT2D eigenvalue weighted by Crippen LogP contribution is -2.13. The number of hydrogen-bond acceptors (Lipinski definition) is 4. The lowest BCUT2D eigenvalue weighted by Gasteiger charge is -2.09. The molecular weight excluding hydrogens is 333 g/mol. The zero-order chi connectivity index (χ0) is 18.3. The standard InChI is InChI=1S/C19H16FN5O/c1-25-18(12-3-2-4-13(20)7-12)16(10-22-25)11-5-6-14-15(8-11)17(9-21)23-24-19(14)26/h2-8,10H,9,21H2,1H3,(H,24,26). The van der Waals surface area contributed by atoms with Crippen molar-refractivity contribution in [2.45, 2.75) is 6.54 Å². The summed E-state index contributed by atoms with van der Waals surface area (Å²) in [7, 11) is 1.81. The van der Waals surface area contributed by atoms with Crippen LogP contribution in [-0.4, -0.2) is 20.0 Å². The highest BCUT2D eigenvalue weighted by Crippen LogP contribution is 2.33. The van der Waals surface area contributed by atoms with E-state index in [2.05, 4.69) is 15.3 Å². The van der Waals surface area contributed by atoms with Crippen LogP contribution < -0.4 is 11.3 Å². The number of H-pyrrole nitrogens is 1. The van der Waals surface area contributed by atoms with Crippen LogP contribution in [0.4, 0.5) is 4.39 Å². The predicted molar refractivity (Wildman–Crippen MR) is 97.9 cm³/mol. The fourth-order valence-electron chi connectivity index (χ4n) is 3.17. The summed E-state index contributed by atoms with van der Waals surface area (Å²) in [5.41, 5.74) is 9.30. The number of nitrogens with two attached hydrogens (primary N) is 1. The molecule has 0 aliphatic heterocycles. The Hall–Kier alpha value is -3.32. The number of nitrogens with zero attached hydrogens (tertiary/aromatic N) is 3. The average Bonchev–Trinajstić information content (AvgIpc) is 3.03. The Morgan fingerprint density at radius 2 is 2.00 bits per heavy atom. The lowest BCUT2D eigenvalue weighted by molar-refractivity contribution is 0.628. The number of aromatic nitrogens is 4. The molecule has 0 atom stereocenters. The maximum atomic E-state index is 13.7. The van der Waals surface area contributed by atoms with E-state index in [1.54, 1.807) is 23.0 Å². The minimum atomic E-state index is -0.311. The van der Waals surface area contributed by atoms with E-state index in [-0.39, 0.29) is 17.9 Å². The van der Waals surface area contributed by atoms with E-state index in [0.717, 1.165) is 22.4 Å². The molecule has 0 aliphatic carbocycles. The molecule has 6 nitrogen and oxygen atoms in total. The summed E-state index contributed by atoms with van der Waals surface area (Å²) < 4.78 is 15.4. The molecule has 0 saturated heterocycles. The largest absolute Gasteiger partial charge is 0.325 e. The number of rotatable bonds is 3. The van der Waals surface area contributed by atoms with Crippen molar-refractivity contribution < 1.29 is 4.39 Å². The molecule has 2 aromatic heterocycles. The van der Waals surface area contributed by atoms with Gasteiger partial charge in [-0.3, -0.25) is 9.48 Å². The Bertz CT molecular complexity index is 1180. The van der Waals surface area contributed by atoms with Crippen LogP contribution >= 0.6 is 0 Å². The molecule has 2 heterocycles. The van der Waals surface area contributed by atoms with E-state index in [0.29, 0.717) is 16.5 Å². The van der Waals surface area contributed by atoms with Crippen molar-refractivity contribution in [2.24, 2.45) is 12.8 Å². The summed E-state index contributed by atoms with van der Waals surface area (Å²) in [6.07, 6.45) is 1.73. The average molecular weight is 349 g/mol. The summed E-state index contributed by atoms with van der Waals surface area (Å²) in [5.74, 6) is -0.311. The molecule has 0 unspecified atom stereocenters. The van der Waals surface area contributed by atoms with Gasteiger partial charge in [0.05, 0.1) is 23.0 Å². The molecule has 0 fully saturated rings. The maximum Gasteiger partial charge on any atom is 0.272 e. The molecule has 0 bridgehead atoms. The summed E-state index contributed by atoms with van der Waals surface area (Å²) in [5, 5.41) is 12.0. The Morgan fingerprint density at radius 1 is 1.15 bits per heavy atom. The van der Waals surface area contributed by atoms with Crippen molar-refractivity contribution in [3.63, 3.8) is 0 Å². The van der Waals surface area contributed by atoms with Crippen LogP contribution in [0.25, 0.3) is 33.2 Å². The number of halogens is 1. The van der Waals surface area contributed by atoms with Crippen molar-refractivity contribution in [1.82, 2.24) is 20.0 Å². The van der Waals surface area contributed by atoms with Gasteiger partial charge in [0, 0.05) is 30.1 Å². The normalized spacial score (nSPS) is 11.2. The topological polar surface area (TPSA) is 89.6 Å². The highest BCUT2D eigenvalue weighted by Gasteiger charge is 2.15. The van der Waals surface area contributed by atoms with E-state index in [9.17, 15) is 9.18 Å². The highest BCUT2D eigenvalue weighted by molar-refractivity contribution is 5.91. The molecule has 7 heteroatoms. The first kappa shape index (κ1) is 16.2. The van der Waals surface area contributed by atoms with Crippen molar-refractivity contribution in [3.05, 3.63) is 70.5 Å². The molecule has 130 valence electrons. The Morgan fingerprint density at radius 3 is 2.77 bits per heavy atom. The van der Waals surface area contributed by atoms with Gasteiger partial charge in [-0.15, -0.1) is 0 Å². The summed E-state index contributed by atoms with van der Waals surface area (Å²) in [6.45, 7) is 0.209. The molecule has 4 aromatic rings. The van der Waals surface area contributed by atoms with Crippen molar-refractivity contribution in [1.29, 1.82) is 0 Å². The minimum Gasteiger partial charge on any atom is -0.325 e. The number of benzene rings is 2. The molecule has 4 rings (SSSR count). The van der Waals surface area contributed by atoms with Crippen LogP contribution in [0.5, 0.6) is 0 Å². The highest BCUT2D eigenvalue weighted by atomic mass is 19.1. The molecule has 0 amide bonds. The lowest BCUT2D eigenvalue weighted by atomic mass is 9.98. The van der Waals surface area contributed by atoms with E-state index in [1.165, 1.54) is 12.1 Å². The van der Waals surface area contributed by atoms with E-state index in [4.69, 9.17) is 5.73 Å². The van der Waals surface area contributed by atoms with Crippen LogP contribution in [0.2, 0.25) is 0 Å². The quantitative estimate of drug-likeness (QED) is 0.595. The van der Waals surface area contributed by atoms with Gasteiger partial charge in [-0.25, -0.2) is 9.49 Å². The molecular formula is C19H16FN5O. The van der Waals surface area contributed by atoms with Gasteiger partial charge in [-0.05, 0) is 29.8 Å². The molecule has 0 aliphatic rings. The minimum absolute atomic E-state index is 0.209. The molecule has 26 heavy (non-hydrogen) atoms. The summed E-state index contributed by atoms with van der Waals surface area (Å²) in [6, 6.07) is 11.8. The van der Waals surface area contributed by atoms with Gasteiger partial charge in [-0.2, -0.15) is 10.2 Å². The number of fused-ring (bicyclic) bond motifs is 1. The first-order valence-corrected chi connectivity index (χ1v) is 8.08. The van der Waals surface area contributed by atoms with Crippen LogP contribution in [0, 0.1) is 5.82 Å². The number of aryl methyl sites for hydroxylation is 1. The maximum absolute atomic E-state index is 13.7. The Balaban J connectivity index is 1.96. The SMILES string of the molecule is Cn1ncc(-c2ccc3c(=O)[nH]nc(CN)c3c2)c1-c1cccc(F)c1. The fourth-order valence-corrected chi connectivity index (χ4v) is 3.17. The molecule has 0 saturated carbocycles. The van der Waals surface area contributed by atoms with Crippen LogP contribution in [-0.2, 0) is 13.6 Å². The molecule has 0 radical (unpaired) electrons. The number of aromatic amines is 1. The third-order valence-corrected chi connectivity index (χ3v) is 4.41.